The lowest BCUT2D eigenvalue weighted by atomic mass is 10.0. The minimum absolute atomic E-state index is 0.278. The molecule has 0 radical (unpaired) electrons. The first-order valence-corrected chi connectivity index (χ1v) is 9.07. The topological polar surface area (TPSA) is 84.0 Å². The molecule has 2 heterocycles. The van der Waals surface area contributed by atoms with E-state index in [1.165, 1.54) is 12.4 Å². The molecule has 0 spiro atoms. The molecule has 0 saturated carbocycles. The first kappa shape index (κ1) is 19.2. The van der Waals surface area contributed by atoms with Crippen LogP contribution < -0.4 is 10.6 Å². The normalized spacial score (nSPS) is 10.5. The molecular weight excluding hydrogens is 352 g/mol. The number of anilines is 1. The molecule has 142 valence electrons. The number of hydrogen-bond donors (Lipinski definition) is 2. The van der Waals surface area contributed by atoms with Crippen LogP contribution in [0.5, 0.6) is 0 Å². The number of rotatable bonds is 6. The summed E-state index contributed by atoms with van der Waals surface area (Å²) < 4.78 is 0. The predicted octanol–water partition coefficient (Wildman–Crippen LogP) is 3.78. The van der Waals surface area contributed by atoms with Crippen molar-refractivity contribution in [3.05, 3.63) is 89.5 Å². The molecule has 6 heteroatoms. The van der Waals surface area contributed by atoms with Crippen LogP contribution in [-0.2, 0) is 6.54 Å². The molecule has 0 bridgehead atoms. The van der Waals surface area contributed by atoms with Gasteiger partial charge >= 0.3 is 0 Å². The molecule has 0 atom stereocenters. The summed E-state index contributed by atoms with van der Waals surface area (Å²) in [4.78, 5) is 33.0. The summed E-state index contributed by atoms with van der Waals surface area (Å²) in [5.41, 5.74) is 3.41. The zero-order valence-corrected chi connectivity index (χ0v) is 15.8. The maximum absolute atomic E-state index is 12.7. The summed E-state index contributed by atoms with van der Waals surface area (Å²) in [6.45, 7) is 4.51. The van der Waals surface area contributed by atoms with E-state index >= 15 is 0 Å². The molecule has 0 aliphatic heterocycles. The molecule has 28 heavy (non-hydrogen) atoms. The lowest BCUT2D eigenvalue weighted by Crippen LogP contribution is -2.23. The number of para-hydroxylation sites is 1. The van der Waals surface area contributed by atoms with Crippen molar-refractivity contribution in [1.29, 1.82) is 0 Å². The van der Waals surface area contributed by atoms with Crippen LogP contribution in [0.2, 0.25) is 0 Å². The fourth-order valence-corrected chi connectivity index (χ4v) is 2.78. The van der Waals surface area contributed by atoms with E-state index in [-0.39, 0.29) is 17.7 Å². The van der Waals surface area contributed by atoms with Crippen LogP contribution >= 0.6 is 0 Å². The number of hydrogen-bond acceptors (Lipinski definition) is 4. The highest BCUT2D eigenvalue weighted by molar-refractivity contribution is 6.06. The molecule has 1 aromatic carbocycles. The Balaban J connectivity index is 1.70. The van der Waals surface area contributed by atoms with Crippen molar-refractivity contribution in [3.8, 4) is 0 Å². The molecule has 3 rings (SSSR count). The van der Waals surface area contributed by atoms with Crippen molar-refractivity contribution in [1.82, 2.24) is 15.3 Å². The van der Waals surface area contributed by atoms with E-state index in [0.717, 1.165) is 16.8 Å². The van der Waals surface area contributed by atoms with Gasteiger partial charge in [-0.05, 0) is 41.3 Å². The number of benzene rings is 1. The van der Waals surface area contributed by atoms with Gasteiger partial charge in [-0.15, -0.1) is 0 Å². The van der Waals surface area contributed by atoms with Gasteiger partial charge < -0.3 is 10.6 Å². The number of aromatic nitrogens is 2. The van der Waals surface area contributed by atoms with Crippen molar-refractivity contribution in [2.75, 3.05) is 5.32 Å². The summed E-state index contributed by atoms with van der Waals surface area (Å²) in [6.07, 6.45) is 6.24. The lowest BCUT2D eigenvalue weighted by molar-refractivity contribution is 0.0950. The van der Waals surface area contributed by atoms with Gasteiger partial charge in [0.25, 0.3) is 11.8 Å². The lowest BCUT2D eigenvalue weighted by Gasteiger charge is -2.13. The van der Waals surface area contributed by atoms with Crippen molar-refractivity contribution in [3.63, 3.8) is 0 Å². The third kappa shape index (κ3) is 4.79. The molecule has 3 aromatic rings. The first-order valence-electron chi connectivity index (χ1n) is 9.07. The van der Waals surface area contributed by atoms with Gasteiger partial charge in [-0.2, -0.15) is 0 Å². The summed E-state index contributed by atoms with van der Waals surface area (Å²) in [6, 6.07) is 12.9. The zero-order valence-electron chi connectivity index (χ0n) is 15.8. The Morgan fingerprint density at radius 3 is 2.32 bits per heavy atom. The highest BCUT2D eigenvalue weighted by Crippen LogP contribution is 2.24. The third-order valence-electron chi connectivity index (χ3n) is 4.30. The summed E-state index contributed by atoms with van der Waals surface area (Å²) in [5, 5.41) is 5.73. The van der Waals surface area contributed by atoms with E-state index in [4.69, 9.17) is 0 Å². The number of carbonyl (C=O) groups is 2. The summed E-state index contributed by atoms with van der Waals surface area (Å²) >= 11 is 0. The Kier molecular flexibility index (Phi) is 6.11. The van der Waals surface area contributed by atoms with E-state index < -0.39 is 0 Å². The van der Waals surface area contributed by atoms with Gasteiger partial charge in [0.2, 0.25) is 0 Å². The molecular formula is C22H22N4O2. The molecule has 2 amide bonds. The van der Waals surface area contributed by atoms with Crippen molar-refractivity contribution >= 4 is 17.5 Å². The Labute approximate surface area is 164 Å². The molecule has 2 N–H and O–H groups in total. The smallest absolute Gasteiger partial charge is 0.257 e. The average Bonchev–Trinajstić information content (AvgIpc) is 2.73. The summed E-state index contributed by atoms with van der Waals surface area (Å²) in [7, 11) is 0. The SMILES string of the molecule is CC(C)c1ccccc1NC(=O)c1cncc(C(=O)NCc2ccncc2)c1. The van der Waals surface area contributed by atoms with Gasteiger partial charge in [0, 0.05) is 37.0 Å². The van der Waals surface area contributed by atoms with Crippen LogP contribution in [0.3, 0.4) is 0 Å². The second-order valence-electron chi connectivity index (χ2n) is 6.70. The monoisotopic (exact) mass is 374 g/mol. The molecule has 0 aliphatic rings. The highest BCUT2D eigenvalue weighted by Gasteiger charge is 2.14. The minimum Gasteiger partial charge on any atom is -0.348 e. The largest absolute Gasteiger partial charge is 0.348 e. The van der Waals surface area contributed by atoms with Gasteiger partial charge in [0.15, 0.2) is 0 Å². The second kappa shape index (κ2) is 8.90. The van der Waals surface area contributed by atoms with E-state index in [1.54, 1.807) is 18.5 Å². The minimum atomic E-state index is -0.301. The Morgan fingerprint density at radius 2 is 1.61 bits per heavy atom. The van der Waals surface area contributed by atoms with Crippen molar-refractivity contribution in [2.45, 2.75) is 26.3 Å². The fraction of sp³-hybridized carbons (Fsp3) is 0.182. The Morgan fingerprint density at radius 1 is 0.929 bits per heavy atom. The zero-order chi connectivity index (χ0) is 19.9. The number of carbonyl (C=O) groups excluding carboxylic acids is 2. The standard InChI is InChI=1S/C22H22N4O2/c1-15(2)19-5-3-4-6-20(19)26-22(28)18-11-17(13-24-14-18)21(27)25-12-16-7-9-23-10-8-16/h3-11,13-15H,12H2,1-2H3,(H,25,27)(H,26,28). The van der Waals surface area contributed by atoms with Crippen molar-refractivity contribution in [2.24, 2.45) is 0 Å². The van der Waals surface area contributed by atoms with Crippen LogP contribution in [0.1, 0.15) is 51.6 Å². The summed E-state index contributed by atoms with van der Waals surface area (Å²) in [5.74, 6) is -0.314. The van der Waals surface area contributed by atoms with Gasteiger partial charge in [-0.1, -0.05) is 32.0 Å². The number of nitrogens with zero attached hydrogens (tertiary/aromatic N) is 2. The van der Waals surface area contributed by atoms with Gasteiger partial charge in [-0.3, -0.25) is 19.6 Å². The molecule has 0 fully saturated rings. The van der Waals surface area contributed by atoms with E-state index in [1.807, 2.05) is 36.4 Å². The number of nitrogens with one attached hydrogen (secondary N) is 2. The maximum Gasteiger partial charge on any atom is 0.257 e. The number of pyridine rings is 2. The van der Waals surface area contributed by atoms with E-state index in [9.17, 15) is 9.59 Å². The molecule has 0 aliphatic carbocycles. The maximum atomic E-state index is 12.7. The predicted molar refractivity (Wildman–Crippen MR) is 108 cm³/mol. The van der Waals surface area contributed by atoms with Crippen LogP contribution in [0.25, 0.3) is 0 Å². The first-order chi connectivity index (χ1) is 13.5. The average molecular weight is 374 g/mol. The van der Waals surface area contributed by atoms with Crippen molar-refractivity contribution < 1.29 is 9.59 Å². The van der Waals surface area contributed by atoms with Gasteiger partial charge in [0.1, 0.15) is 0 Å². The van der Waals surface area contributed by atoms with Gasteiger partial charge in [-0.25, -0.2) is 0 Å². The molecule has 0 unspecified atom stereocenters. The van der Waals surface area contributed by atoms with Gasteiger partial charge in [0.05, 0.1) is 11.1 Å². The quantitative estimate of drug-likeness (QED) is 0.688. The van der Waals surface area contributed by atoms with Crippen LogP contribution in [0.4, 0.5) is 5.69 Å². The Hall–Kier alpha value is -3.54. The molecule has 6 nitrogen and oxygen atoms in total. The van der Waals surface area contributed by atoms with Crippen LogP contribution in [-0.4, -0.2) is 21.8 Å². The Bertz CT molecular complexity index is 971. The molecule has 2 aromatic heterocycles. The highest BCUT2D eigenvalue weighted by atomic mass is 16.2. The van der Waals surface area contributed by atoms with E-state index in [0.29, 0.717) is 17.7 Å². The fourth-order valence-electron chi connectivity index (χ4n) is 2.78. The van der Waals surface area contributed by atoms with E-state index in [2.05, 4.69) is 34.4 Å². The van der Waals surface area contributed by atoms with Crippen LogP contribution in [0.15, 0.2) is 67.3 Å². The third-order valence-corrected chi connectivity index (χ3v) is 4.30. The second-order valence-corrected chi connectivity index (χ2v) is 6.70. The van der Waals surface area contributed by atoms with Crippen LogP contribution in [0, 0.1) is 0 Å². The number of amides is 2. The molecule has 0 saturated heterocycles.